The minimum absolute atomic E-state index is 0.0614. The first-order valence-corrected chi connectivity index (χ1v) is 30.9. The number of hydrogen-bond acceptors (Lipinski definition) is 6. The molecule has 0 radical (unpaired) electrons. The summed E-state index contributed by atoms with van der Waals surface area (Å²) in [5, 5.41) is 0. The first kappa shape index (κ1) is 66.4. The zero-order valence-corrected chi connectivity index (χ0v) is 46.6. The molecule has 0 saturated carbocycles. The molecule has 0 aromatic rings. The van der Waals surface area contributed by atoms with E-state index in [9.17, 15) is 14.4 Å². The molecular weight excluding hydrogens is 841 g/mol. The second-order valence-electron chi connectivity index (χ2n) is 21.6. The third-order valence-corrected chi connectivity index (χ3v) is 14.7. The third kappa shape index (κ3) is 53.8. The zero-order chi connectivity index (χ0) is 49.5. The molecule has 0 fully saturated rings. The molecule has 2 atom stereocenters. The van der Waals surface area contributed by atoms with E-state index in [2.05, 4.69) is 27.7 Å². The average Bonchev–Trinajstić information content (AvgIpc) is 3.34. The maximum atomic E-state index is 12.9. The van der Waals surface area contributed by atoms with Gasteiger partial charge in [-0.25, -0.2) is 0 Å². The lowest BCUT2D eigenvalue weighted by molar-refractivity contribution is -0.167. The van der Waals surface area contributed by atoms with E-state index in [1.54, 1.807) is 0 Å². The van der Waals surface area contributed by atoms with Gasteiger partial charge in [0, 0.05) is 19.3 Å². The van der Waals surface area contributed by atoms with Crippen molar-refractivity contribution in [3.63, 3.8) is 0 Å². The Morgan fingerprint density at radius 1 is 0.294 bits per heavy atom. The monoisotopic (exact) mass is 961 g/mol. The molecule has 404 valence electrons. The molecule has 0 aromatic carbocycles. The number of unbranched alkanes of at least 4 members (excludes halogenated alkanes) is 43. The Morgan fingerprint density at radius 2 is 0.515 bits per heavy atom. The van der Waals surface area contributed by atoms with Crippen LogP contribution >= 0.6 is 0 Å². The maximum absolute atomic E-state index is 12.9. The highest BCUT2D eigenvalue weighted by atomic mass is 16.6. The van der Waals surface area contributed by atoms with Crippen LogP contribution in [-0.4, -0.2) is 37.2 Å². The molecule has 0 heterocycles. The number of carbonyl (C=O) groups excluding carboxylic acids is 3. The summed E-state index contributed by atoms with van der Waals surface area (Å²) in [6.07, 6.45) is 62.3. The van der Waals surface area contributed by atoms with Crippen molar-refractivity contribution in [2.45, 2.75) is 361 Å². The van der Waals surface area contributed by atoms with E-state index in [1.165, 1.54) is 250 Å². The lowest BCUT2D eigenvalue weighted by Crippen LogP contribution is -2.30. The fourth-order valence-electron chi connectivity index (χ4n) is 9.60. The maximum Gasteiger partial charge on any atom is 0.306 e. The molecule has 0 bridgehead atoms. The summed E-state index contributed by atoms with van der Waals surface area (Å²) in [5.74, 6) is 0.0644. The van der Waals surface area contributed by atoms with Crippen molar-refractivity contribution >= 4 is 17.9 Å². The van der Waals surface area contributed by atoms with Crippen LogP contribution in [0.2, 0.25) is 0 Å². The molecule has 0 saturated heterocycles. The first-order valence-electron chi connectivity index (χ1n) is 30.9. The van der Waals surface area contributed by atoms with Crippen LogP contribution < -0.4 is 0 Å². The molecule has 0 aliphatic heterocycles. The minimum Gasteiger partial charge on any atom is -0.462 e. The fraction of sp³-hybridized carbons (Fsp3) is 0.952. The molecule has 68 heavy (non-hydrogen) atoms. The highest BCUT2D eigenvalue weighted by Crippen LogP contribution is 2.19. The van der Waals surface area contributed by atoms with Gasteiger partial charge in [0.05, 0.1) is 0 Å². The smallest absolute Gasteiger partial charge is 0.306 e. The van der Waals surface area contributed by atoms with Gasteiger partial charge in [-0.05, 0) is 25.2 Å². The van der Waals surface area contributed by atoms with Crippen LogP contribution in [0.3, 0.4) is 0 Å². The van der Waals surface area contributed by atoms with E-state index < -0.39 is 6.10 Å². The molecular formula is C62H120O6. The molecule has 0 N–H and O–H groups in total. The number of ether oxygens (including phenoxy) is 3. The van der Waals surface area contributed by atoms with Crippen LogP contribution in [0, 0.1) is 5.92 Å². The Morgan fingerprint density at radius 3 is 0.765 bits per heavy atom. The predicted molar refractivity (Wildman–Crippen MR) is 293 cm³/mol. The van der Waals surface area contributed by atoms with Crippen molar-refractivity contribution in [2.24, 2.45) is 5.92 Å². The van der Waals surface area contributed by atoms with Gasteiger partial charge in [0.1, 0.15) is 13.2 Å². The van der Waals surface area contributed by atoms with Gasteiger partial charge < -0.3 is 14.2 Å². The van der Waals surface area contributed by atoms with Crippen molar-refractivity contribution in [1.82, 2.24) is 0 Å². The van der Waals surface area contributed by atoms with Crippen LogP contribution in [0.25, 0.3) is 0 Å². The molecule has 0 aliphatic rings. The van der Waals surface area contributed by atoms with Gasteiger partial charge in [0.15, 0.2) is 6.10 Å². The minimum atomic E-state index is -0.762. The topological polar surface area (TPSA) is 78.9 Å². The largest absolute Gasteiger partial charge is 0.462 e. The molecule has 0 aromatic heterocycles. The van der Waals surface area contributed by atoms with Gasteiger partial charge in [-0.2, -0.15) is 0 Å². The Bertz CT molecular complexity index is 1030. The molecule has 6 heteroatoms. The molecule has 1 unspecified atom stereocenters. The van der Waals surface area contributed by atoms with E-state index in [-0.39, 0.29) is 31.1 Å². The van der Waals surface area contributed by atoms with Gasteiger partial charge in [-0.3, -0.25) is 14.4 Å². The molecule has 0 rings (SSSR count). The van der Waals surface area contributed by atoms with Crippen molar-refractivity contribution < 1.29 is 28.6 Å². The molecule has 0 aliphatic carbocycles. The summed E-state index contributed by atoms with van der Waals surface area (Å²) in [4.78, 5) is 38.2. The summed E-state index contributed by atoms with van der Waals surface area (Å²) in [5.41, 5.74) is 0. The van der Waals surface area contributed by atoms with Crippen LogP contribution in [0.4, 0.5) is 0 Å². The van der Waals surface area contributed by atoms with Crippen molar-refractivity contribution in [3.8, 4) is 0 Å². The van der Waals surface area contributed by atoms with Crippen molar-refractivity contribution in [3.05, 3.63) is 0 Å². The number of rotatable bonds is 57. The van der Waals surface area contributed by atoms with Crippen LogP contribution in [-0.2, 0) is 28.6 Å². The van der Waals surface area contributed by atoms with E-state index in [0.29, 0.717) is 19.3 Å². The molecule has 0 amide bonds. The van der Waals surface area contributed by atoms with Crippen LogP contribution in [0.1, 0.15) is 355 Å². The van der Waals surface area contributed by atoms with Crippen molar-refractivity contribution in [1.29, 1.82) is 0 Å². The number of hydrogen-bond donors (Lipinski definition) is 0. The predicted octanol–water partition coefficient (Wildman–Crippen LogP) is 20.6. The lowest BCUT2D eigenvalue weighted by Gasteiger charge is -2.18. The van der Waals surface area contributed by atoms with Crippen LogP contribution in [0.15, 0.2) is 0 Å². The average molecular weight is 962 g/mol. The van der Waals surface area contributed by atoms with E-state index in [0.717, 1.165) is 63.7 Å². The lowest BCUT2D eigenvalue weighted by atomic mass is 9.99. The number of esters is 3. The second-order valence-corrected chi connectivity index (χ2v) is 21.6. The first-order chi connectivity index (χ1) is 33.4. The normalized spacial score (nSPS) is 12.4. The quantitative estimate of drug-likeness (QED) is 0.0343. The Kier molecular flexibility index (Phi) is 55.0. The van der Waals surface area contributed by atoms with Crippen molar-refractivity contribution in [2.75, 3.05) is 13.2 Å². The van der Waals surface area contributed by atoms with E-state index in [1.807, 2.05) is 0 Å². The fourth-order valence-corrected chi connectivity index (χ4v) is 9.60. The standard InChI is InChI=1S/C62H120O6/c1-5-8-10-12-14-16-18-20-22-23-24-25-30-34-38-42-46-50-54-61(64)67-57-59(56-66-60(63)53-49-45-41-37-33-29-21-19-17-15-13-11-9-6-2)68-62(65)55-51-47-43-39-35-31-27-26-28-32-36-40-44-48-52-58(4)7-3/h58-59H,5-57H2,1-4H3/t58?,59-/m1/s1. The summed E-state index contributed by atoms with van der Waals surface area (Å²) >= 11 is 0. The Balaban J connectivity index is 4.28. The van der Waals surface area contributed by atoms with Gasteiger partial charge in [0.2, 0.25) is 0 Å². The summed E-state index contributed by atoms with van der Waals surface area (Å²) in [7, 11) is 0. The molecule has 6 nitrogen and oxygen atoms in total. The highest BCUT2D eigenvalue weighted by molar-refractivity contribution is 5.71. The summed E-state index contributed by atoms with van der Waals surface area (Å²) < 4.78 is 16.9. The van der Waals surface area contributed by atoms with E-state index >= 15 is 0 Å². The van der Waals surface area contributed by atoms with Crippen LogP contribution in [0.5, 0.6) is 0 Å². The molecule has 0 spiro atoms. The highest BCUT2D eigenvalue weighted by Gasteiger charge is 2.19. The third-order valence-electron chi connectivity index (χ3n) is 14.7. The summed E-state index contributed by atoms with van der Waals surface area (Å²) in [6.45, 7) is 9.11. The SMILES string of the molecule is CCCCCCCCCCCCCCCCCCCCC(=O)OC[C@@H](COC(=O)CCCCCCCCCCCCCCCC)OC(=O)CCCCCCCCCCCCCCCCC(C)CC. The van der Waals surface area contributed by atoms with Gasteiger partial charge >= 0.3 is 17.9 Å². The Labute approximate surface area is 425 Å². The van der Waals surface area contributed by atoms with Gasteiger partial charge in [-0.1, -0.05) is 317 Å². The second kappa shape index (κ2) is 56.3. The van der Waals surface area contributed by atoms with Gasteiger partial charge in [0.25, 0.3) is 0 Å². The zero-order valence-electron chi connectivity index (χ0n) is 46.6. The Hall–Kier alpha value is -1.59. The van der Waals surface area contributed by atoms with Gasteiger partial charge in [-0.15, -0.1) is 0 Å². The number of carbonyl (C=O) groups is 3. The summed E-state index contributed by atoms with van der Waals surface area (Å²) in [6, 6.07) is 0. The van der Waals surface area contributed by atoms with E-state index in [4.69, 9.17) is 14.2 Å².